The van der Waals surface area contributed by atoms with Crippen LogP contribution in [-0.2, 0) is 11.3 Å². The van der Waals surface area contributed by atoms with Gasteiger partial charge in [-0.3, -0.25) is 9.69 Å². The summed E-state index contributed by atoms with van der Waals surface area (Å²) in [5.41, 5.74) is -0.132. The molecule has 1 N–H and O–H groups in total. The lowest BCUT2D eigenvalue weighted by Gasteiger charge is -2.17. The Bertz CT molecular complexity index is 413. The van der Waals surface area contributed by atoms with Crippen LogP contribution in [0.15, 0.2) is 10.6 Å². The van der Waals surface area contributed by atoms with Gasteiger partial charge < -0.3 is 14.5 Å². The van der Waals surface area contributed by atoms with Crippen molar-refractivity contribution < 1.29 is 19.2 Å². The van der Waals surface area contributed by atoms with Crippen LogP contribution in [0.2, 0.25) is 0 Å². The highest BCUT2D eigenvalue weighted by Gasteiger charge is 2.14. The summed E-state index contributed by atoms with van der Waals surface area (Å²) in [6, 6.07) is 1.35. The highest BCUT2D eigenvalue weighted by molar-refractivity contribution is 5.85. The van der Waals surface area contributed by atoms with Gasteiger partial charge in [-0.25, -0.2) is 4.79 Å². The SMILES string of the molecule is CN(CC(=O)N(C)C)Cc1cc(C(=O)O)no1. The Morgan fingerprint density at radius 1 is 1.41 bits per heavy atom. The van der Waals surface area contributed by atoms with Gasteiger partial charge in [0.2, 0.25) is 5.91 Å². The van der Waals surface area contributed by atoms with E-state index in [1.54, 1.807) is 26.0 Å². The van der Waals surface area contributed by atoms with E-state index in [1.807, 2.05) is 0 Å². The van der Waals surface area contributed by atoms with Crippen molar-refractivity contribution in [2.45, 2.75) is 6.54 Å². The third kappa shape index (κ3) is 3.87. The first-order valence-corrected chi connectivity index (χ1v) is 4.97. The minimum absolute atomic E-state index is 0.0366. The predicted molar refractivity (Wildman–Crippen MR) is 58.5 cm³/mol. The Morgan fingerprint density at radius 2 is 2.06 bits per heavy atom. The highest BCUT2D eigenvalue weighted by Crippen LogP contribution is 2.06. The number of nitrogens with zero attached hydrogens (tertiary/aromatic N) is 3. The van der Waals surface area contributed by atoms with Crippen molar-refractivity contribution in [3.05, 3.63) is 17.5 Å². The second-order valence-electron chi connectivity index (χ2n) is 3.94. The van der Waals surface area contributed by atoms with Gasteiger partial charge in [0.15, 0.2) is 11.5 Å². The zero-order valence-electron chi connectivity index (χ0n) is 10.0. The summed E-state index contributed by atoms with van der Waals surface area (Å²) < 4.78 is 4.84. The smallest absolute Gasteiger partial charge is 0.358 e. The van der Waals surface area contributed by atoms with E-state index in [0.717, 1.165) is 0 Å². The summed E-state index contributed by atoms with van der Waals surface area (Å²) in [7, 11) is 5.09. The second-order valence-corrected chi connectivity index (χ2v) is 3.94. The molecule has 0 aliphatic rings. The molecule has 1 aromatic heterocycles. The van der Waals surface area contributed by atoms with Crippen LogP contribution in [0, 0.1) is 0 Å². The molecule has 0 radical (unpaired) electrons. The average Bonchev–Trinajstić information content (AvgIpc) is 2.65. The molecule has 1 rings (SSSR count). The van der Waals surface area contributed by atoms with Crippen molar-refractivity contribution in [1.82, 2.24) is 15.0 Å². The molecule has 0 saturated carbocycles. The van der Waals surface area contributed by atoms with Crippen molar-refractivity contribution >= 4 is 11.9 Å². The zero-order valence-corrected chi connectivity index (χ0v) is 10.0. The number of carbonyl (C=O) groups excluding carboxylic acids is 1. The Kier molecular flexibility index (Phi) is 4.22. The molecule has 0 saturated heterocycles. The van der Waals surface area contributed by atoms with Crippen LogP contribution in [0.5, 0.6) is 0 Å². The molecular formula is C10H15N3O4. The number of hydrogen-bond donors (Lipinski definition) is 1. The number of hydrogen-bond acceptors (Lipinski definition) is 5. The van der Waals surface area contributed by atoms with E-state index in [2.05, 4.69) is 5.16 Å². The fraction of sp³-hybridized carbons (Fsp3) is 0.500. The van der Waals surface area contributed by atoms with Crippen molar-refractivity contribution in [2.75, 3.05) is 27.7 Å². The lowest BCUT2D eigenvalue weighted by Crippen LogP contribution is -2.33. The van der Waals surface area contributed by atoms with E-state index < -0.39 is 5.97 Å². The minimum atomic E-state index is -1.13. The quantitative estimate of drug-likeness (QED) is 0.774. The molecule has 7 heteroatoms. The normalized spacial score (nSPS) is 10.6. The summed E-state index contributed by atoms with van der Waals surface area (Å²) in [6.07, 6.45) is 0. The van der Waals surface area contributed by atoms with E-state index in [0.29, 0.717) is 12.3 Å². The molecule has 17 heavy (non-hydrogen) atoms. The van der Waals surface area contributed by atoms with Crippen molar-refractivity contribution in [2.24, 2.45) is 0 Å². The maximum absolute atomic E-state index is 11.4. The maximum atomic E-state index is 11.4. The lowest BCUT2D eigenvalue weighted by atomic mass is 10.3. The number of likely N-dealkylation sites (N-methyl/N-ethyl adjacent to an activating group) is 2. The Labute approximate surface area is 98.6 Å². The number of aromatic nitrogens is 1. The fourth-order valence-electron chi connectivity index (χ4n) is 1.18. The number of amides is 1. The van der Waals surface area contributed by atoms with Crippen LogP contribution in [0.25, 0.3) is 0 Å². The number of carboxylic acid groups (broad SMARTS) is 1. The van der Waals surface area contributed by atoms with Crippen LogP contribution in [0.3, 0.4) is 0 Å². The third-order valence-electron chi connectivity index (χ3n) is 2.11. The molecule has 7 nitrogen and oxygen atoms in total. The Hall–Kier alpha value is -1.89. The maximum Gasteiger partial charge on any atom is 0.358 e. The monoisotopic (exact) mass is 241 g/mol. The average molecular weight is 241 g/mol. The van der Waals surface area contributed by atoms with E-state index in [-0.39, 0.29) is 18.1 Å². The zero-order chi connectivity index (χ0) is 13.0. The van der Waals surface area contributed by atoms with Gasteiger partial charge in [0, 0.05) is 20.2 Å². The van der Waals surface area contributed by atoms with Gasteiger partial charge >= 0.3 is 5.97 Å². The van der Waals surface area contributed by atoms with Crippen LogP contribution in [-0.4, -0.2) is 59.6 Å². The van der Waals surface area contributed by atoms with Gasteiger partial charge in [-0.1, -0.05) is 5.16 Å². The van der Waals surface area contributed by atoms with Crippen molar-refractivity contribution in [1.29, 1.82) is 0 Å². The van der Waals surface area contributed by atoms with Gasteiger partial charge in [-0.2, -0.15) is 0 Å². The number of aromatic carboxylic acids is 1. The lowest BCUT2D eigenvalue weighted by molar-refractivity contribution is -0.129. The first-order valence-electron chi connectivity index (χ1n) is 4.97. The number of carboxylic acids is 1. The van der Waals surface area contributed by atoms with E-state index in [9.17, 15) is 9.59 Å². The van der Waals surface area contributed by atoms with E-state index in [1.165, 1.54) is 11.0 Å². The summed E-state index contributed by atoms with van der Waals surface area (Å²) in [6.45, 7) is 0.565. The summed E-state index contributed by atoms with van der Waals surface area (Å²) >= 11 is 0. The van der Waals surface area contributed by atoms with Gasteiger partial charge in [-0.05, 0) is 7.05 Å². The van der Waals surface area contributed by atoms with Gasteiger partial charge in [0.25, 0.3) is 0 Å². The van der Waals surface area contributed by atoms with Crippen molar-refractivity contribution in [3.8, 4) is 0 Å². The predicted octanol–water partition coefficient (Wildman–Crippen LogP) is -0.107. The number of carbonyl (C=O) groups is 2. The van der Waals surface area contributed by atoms with Crippen LogP contribution in [0.4, 0.5) is 0 Å². The molecule has 94 valence electrons. The molecule has 0 atom stereocenters. The standard InChI is InChI=1S/C10H15N3O4/c1-12(2)9(14)6-13(3)5-7-4-8(10(15)16)11-17-7/h4H,5-6H2,1-3H3,(H,15,16). The van der Waals surface area contributed by atoms with Crippen LogP contribution >= 0.6 is 0 Å². The highest BCUT2D eigenvalue weighted by atomic mass is 16.5. The van der Waals surface area contributed by atoms with E-state index >= 15 is 0 Å². The molecule has 1 aromatic rings. The molecule has 1 amide bonds. The molecule has 0 aliphatic heterocycles. The summed E-state index contributed by atoms with van der Waals surface area (Å²) in [5, 5.41) is 12.0. The molecule has 0 spiro atoms. The minimum Gasteiger partial charge on any atom is -0.476 e. The van der Waals surface area contributed by atoms with Crippen LogP contribution < -0.4 is 0 Å². The largest absolute Gasteiger partial charge is 0.476 e. The molecule has 0 bridgehead atoms. The van der Waals surface area contributed by atoms with Gasteiger partial charge in [0.1, 0.15) is 0 Å². The summed E-state index contributed by atoms with van der Waals surface area (Å²) in [5.74, 6) is -0.756. The third-order valence-corrected chi connectivity index (χ3v) is 2.11. The van der Waals surface area contributed by atoms with Crippen LogP contribution in [0.1, 0.15) is 16.2 Å². The molecule has 0 aromatic carbocycles. The van der Waals surface area contributed by atoms with E-state index in [4.69, 9.17) is 9.63 Å². The number of rotatable bonds is 5. The fourth-order valence-corrected chi connectivity index (χ4v) is 1.18. The molecule has 1 heterocycles. The summed E-state index contributed by atoms with van der Waals surface area (Å²) in [4.78, 5) is 25.2. The Morgan fingerprint density at radius 3 is 2.53 bits per heavy atom. The second kappa shape index (κ2) is 5.44. The molecule has 0 aliphatic carbocycles. The topological polar surface area (TPSA) is 86.9 Å². The van der Waals surface area contributed by atoms with Gasteiger partial charge in [-0.15, -0.1) is 0 Å². The van der Waals surface area contributed by atoms with Crippen molar-refractivity contribution in [3.63, 3.8) is 0 Å². The first kappa shape index (κ1) is 13.2. The Balaban J connectivity index is 2.53. The molecular weight excluding hydrogens is 226 g/mol. The first-order chi connectivity index (χ1) is 7.90. The molecule has 0 fully saturated rings. The molecule has 0 unspecified atom stereocenters. The van der Waals surface area contributed by atoms with Gasteiger partial charge in [0.05, 0.1) is 13.1 Å².